The Morgan fingerprint density at radius 2 is 2.12 bits per heavy atom. The minimum Gasteiger partial charge on any atom is -0.388 e. The molecule has 4 nitrogen and oxygen atoms in total. The van der Waals surface area contributed by atoms with Gasteiger partial charge >= 0.3 is 0 Å². The summed E-state index contributed by atoms with van der Waals surface area (Å²) in [5, 5.41) is 14.1. The molecule has 2 atom stereocenters. The zero-order valence-corrected chi connectivity index (χ0v) is 11.1. The molecule has 2 saturated heterocycles. The first-order valence-electron chi connectivity index (χ1n) is 6.90. The summed E-state index contributed by atoms with van der Waals surface area (Å²) < 4.78 is 5.34. The van der Waals surface area contributed by atoms with Gasteiger partial charge in [-0.2, -0.15) is 0 Å². The van der Waals surface area contributed by atoms with Gasteiger partial charge in [0, 0.05) is 57.8 Å². The second-order valence-corrected chi connectivity index (χ2v) is 5.64. The average molecular weight is 242 g/mol. The molecule has 2 aliphatic heterocycles. The first-order valence-corrected chi connectivity index (χ1v) is 6.90. The highest BCUT2D eigenvalue weighted by atomic mass is 16.5. The maximum absolute atomic E-state index is 10.6. The highest BCUT2D eigenvalue weighted by Crippen LogP contribution is 2.24. The molecule has 0 spiro atoms. The van der Waals surface area contributed by atoms with Crippen LogP contribution >= 0.6 is 0 Å². The number of hydrogen-bond acceptors (Lipinski definition) is 4. The molecule has 0 saturated carbocycles. The molecule has 17 heavy (non-hydrogen) atoms. The molecular formula is C13H26N2O2. The van der Waals surface area contributed by atoms with Crippen molar-refractivity contribution in [1.82, 2.24) is 10.2 Å². The van der Waals surface area contributed by atoms with Gasteiger partial charge in [0.05, 0.1) is 5.60 Å². The van der Waals surface area contributed by atoms with E-state index in [9.17, 15) is 5.11 Å². The molecule has 100 valence electrons. The van der Waals surface area contributed by atoms with Crippen LogP contribution in [0.5, 0.6) is 0 Å². The largest absolute Gasteiger partial charge is 0.388 e. The van der Waals surface area contributed by atoms with Gasteiger partial charge in [-0.25, -0.2) is 0 Å². The summed E-state index contributed by atoms with van der Waals surface area (Å²) in [6.45, 7) is 8.74. The molecule has 2 aliphatic rings. The second kappa shape index (κ2) is 5.65. The summed E-state index contributed by atoms with van der Waals surface area (Å²) in [7, 11) is 0. The third-order valence-electron chi connectivity index (χ3n) is 4.12. The Kier molecular flexibility index (Phi) is 4.42. The Balaban J connectivity index is 1.94. The van der Waals surface area contributed by atoms with Crippen LogP contribution in [-0.4, -0.2) is 60.5 Å². The Hall–Kier alpha value is -0.160. The smallest absolute Gasteiger partial charge is 0.0818 e. The number of ether oxygens (including phenoxy) is 1. The van der Waals surface area contributed by atoms with E-state index in [0.717, 1.165) is 38.9 Å². The van der Waals surface area contributed by atoms with Crippen LogP contribution in [0.4, 0.5) is 0 Å². The Morgan fingerprint density at radius 3 is 2.76 bits per heavy atom. The summed E-state index contributed by atoms with van der Waals surface area (Å²) in [6.07, 6.45) is 2.70. The van der Waals surface area contributed by atoms with Crippen LogP contribution in [0.15, 0.2) is 0 Å². The molecule has 0 bridgehead atoms. The van der Waals surface area contributed by atoms with Crippen molar-refractivity contribution >= 4 is 0 Å². The molecule has 0 aromatic rings. The van der Waals surface area contributed by atoms with Crippen molar-refractivity contribution in [2.24, 2.45) is 0 Å². The van der Waals surface area contributed by atoms with Crippen LogP contribution in [0.2, 0.25) is 0 Å². The number of aliphatic hydroxyl groups is 1. The van der Waals surface area contributed by atoms with Crippen molar-refractivity contribution in [2.75, 3.05) is 32.8 Å². The zero-order valence-electron chi connectivity index (χ0n) is 11.1. The van der Waals surface area contributed by atoms with Crippen LogP contribution in [-0.2, 0) is 4.74 Å². The van der Waals surface area contributed by atoms with Crippen molar-refractivity contribution in [3.63, 3.8) is 0 Å². The number of nitrogens with zero attached hydrogens (tertiary/aromatic N) is 1. The first kappa shape index (κ1) is 13.3. The topological polar surface area (TPSA) is 44.7 Å². The standard InChI is InChI=1S/C13H26N2O2/c1-3-12-8-14-11(2)9-15(12)10-13(16)4-6-17-7-5-13/h11-12,14,16H,3-10H2,1-2H3/t11?,12-/m1/s1. The highest BCUT2D eigenvalue weighted by Gasteiger charge is 2.35. The zero-order chi connectivity index (χ0) is 12.3. The van der Waals surface area contributed by atoms with Gasteiger partial charge in [-0.3, -0.25) is 4.90 Å². The average Bonchev–Trinajstić information content (AvgIpc) is 2.29. The normalized spacial score (nSPS) is 34.8. The van der Waals surface area contributed by atoms with Crippen molar-refractivity contribution < 1.29 is 9.84 Å². The summed E-state index contributed by atoms with van der Waals surface area (Å²) in [5.74, 6) is 0. The van der Waals surface area contributed by atoms with Gasteiger partial charge in [-0.05, 0) is 13.3 Å². The van der Waals surface area contributed by atoms with E-state index in [-0.39, 0.29) is 0 Å². The lowest BCUT2D eigenvalue weighted by Gasteiger charge is -2.44. The molecule has 4 heteroatoms. The SMILES string of the molecule is CC[C@@H]1CNC(C)CN1CC1(O)CCOCC1. The van der Waals surface area contributed by atoms with Crippen LogP contribution in [0.25, 0.3) is 0 Å². The Bertz CT molecular complexity index is 242. The van der Waals surface area contributed by atoms with Gasteiger partial charge in [0.15, 0.2) is 0 Å². The summed E-state index contributed by atoms with van der Waals surface area (Å²) >= 11 is 0. The summed E-state index contributed by atoms with van der Waals surface area (Å²) in [5.41, 5.74) is -0.525. The number of hydrogen-bond donors (Lipinski definition) is 2. The predicted octanol–water partition coefficient (Wildman–Crippen LogP) is 0.600. The number of nitrogens with one attached hydrogen (secondary N) is 1. The lowest BCUT2D eigenvalue weighted by atomic mass is 9.92. The second-order valence-electron chi connectivity index (χ2n) is 5.64. The van der Waals surface area contributed by atoms with Crippen molar-refractivity contribution in [1.29, 1.82) is 0 Å². The summed E-state index contributed by atoms with van der Waals surface area (Å²) in [4.78, 5) is 2.46. The molecule has 0 aromatic heterocycles. The molecule has 0 aliphatic carbocycles. The minimum atomic E-state index is -0.525. The van der Waals surface area contributed by atoms with Gasteiger partial charge in [-0.15, -0.1) is 0 Å². The van der Waals surface area contributed by atoms with Gasteiger partial charge in [0.1, 0.15) is 0 Å². The van der Waals surface area contributed by atoms with E-state index in [4.69, 9.17) is 4.74 Å². The monoisotopic (exact) mass is 242 g/mol. The van der Waals surface area contributed by atoms with Crippen molar-refractivity contribution in [3.8, 4) is 0 Å². The third kappa shape index (κ3) is 3.41. The van der Waals surface area contributed by atoms with Crippen LogP contribution in [0, 0.1) is 0 Å². The Morgan fingerprint density at radius 1 is 1.41 bits per heavy atom. The highest BCUT2D eigenvalue weighted by molar-refractivity contribution is 4.91. The molecule has 2 heterocycles. The van der Waals surface area contributed by atoms with Gasteiger partial charge in [0.25, 0.3) is 0 Å². The van der Waals surface area contributed by atoms with Gasteiger partial charge in [-0.1, -0.05) is 6.92 Å². The van der Waals surface area contributed by atoms with Crippen molar-refractivity contribution in [2.45, 2.75) is 50.8 Å². The molecular weight excluding hydrogens is 216 g/mol. The fourth-order valence-corrected chi connectivity index (χ4v) is 2.92. The minimum absolute atomic E-state index is 0.525. The fraction of sp³-hybridized carbons (Fsp3) is 1.00. The van der Waals surface area contributed by atoms with E-state index in [1.54, 1.807) is 0 Å². The molecule has 2 N–H and O–H groups in total. The maximum atomic E-state index is 10.6. The maximum Gasteiger partial charge on any atom is 0.0818 e. The lowest BCUT2D eigenvalue weighted by molar-refractivity contribution is -0.0889. The molecule has 0 amide bonds. The number of β-amino-alcohol motifs (C(OH)–C–C–N with tert-alkyl or cyclic N) is 1. The van der Waals surface area contributed by atoms with Crippen LogP contribution in [0.1, 0.15) is 33.1 Å². The first-order chi connectivity index (χ1) is 8.13. The Labute approximate surface area is 104 Å². The van der Waals surface area contributed by atoms with E-state index in [1.165, 1.54) is 0 Å². The predicted molar refractivity (Wildman–Crippen MR) is 68.1 cm³/mol. The molecule has 0 aromatic carbocycles. The van der Waals surface area contributed by atoms with E-state index >= 15 is 0 Å². The number of rotatable bonds is 3. The van der Waals surface area contributed by atoms with Gasteiger partial charge < -0.3 is 15.2 Å². The van der Waals surface area contributed by atoms with Gasteiger partial charge in [0.2, 0.25) is 0 Å². The number of piperazine rings is 1. The molecule has 1 unspecified atom stereocenters. The van der Waals surface area contributed by atoms with E-state index in [1.807, 2.05) is 0 Å². The molecule has 2 fully saturated rings. The third-order valence-corrected chi connectivity index (χ3v) is 4.12. The van der Waals surface area contributed by atoms with Crippen molar-refractivity contribution in [3.05, 3.63) is 0 Å². The quantitative estimate of drug-likeness (QED) is 0.761. The fourth-order valence-electron chi connectivity index (χ4n) is 2.92. The molecule has 0 radical (unpaired) electrons. The van der Waals surface area contributed by atoms with E-state index in [0.29, 0.717) is 25.3 Å². The lowest BCUT2D eigenvalue weighted by Crippen LogP contribution is -2.59. The van der Waals surface area contributed by atoms with Crippen LogP contribution < -0.4 is 5.32 Å². The van der Waals surface area contributed by atoms with E-state index < -0.39 is 5.60 Å². The van der Waals surface area contributed by atoms with E-state index in [2.05, 4.69) is 24.1 Å². The van der Waals surface area contributed by atoms with Crippen LogP contribution in [0.3, 0.4) is 0 Å². The molecule has 2 rings (SSSR count). The summed E-state index contributed by atoms with van der Waals surface area (Å²) in [6, 6.07) is 1.10.